The average Bonchev–Trinajstić information content (AvgIpc) is 3.00. The van der Waals surface area contributed by atoms with Gasteiger partial charge in [-0.2, -0.15) is 0 Å². The van der Waals surface area contributed by atoms with Gasteiger partial charge >= 0.3 is 0 Å². The van der Waals surface area contributed by atoms with Gasteiger partial charge in [0.1, 0.15) is 0 Å². The number of likely N-dealkylation sites (tertiary alicyclic amines) is 1. The molecular formula is C17H23ClN4OS. The summed E-state index contributed by atoms with van der Waals surface area (Å²) in [6.07, 6.45) is 3.86. The fourth-order valence-corrected chi connectivity index (χ4v) is 3.79. The Morgan fingerprint density at radius 3 is 2.58 bits per heavy atom. The van der Waals surface area contributed by atoms with Gasteiger partial charge in [-0.25, -0.2) is 4.98 Å². The molecule has 5 nitrogen and oxygen atoms in total. The molecule has 1 aliphatic heterocycles. The first-order valence-corrected chi connectivity index (χ1v) is 8.70. The summed E-state index contributed by atoms with van der Waals surface area (Å²) in [6, 6.07) is 10.0. The molecule has 7 heteroatoms. The molecule has 2 heterocycles. The minimum absolute atomic E-state index is 0. The number of nitrogens with two attached hydrogens (primary N) is 1. The molecule has 130 valence electrons. The number of hydrogen-bond donors (Lipinski definition) is 1. The van der Waals surface area contributed by atoms with Crippen molar-refractivity contribution in [3.8, 4) is 0 Å². The molecule has 0 saturated carbocycles. The highest BCUT2D eigenvalue weighted by Gasteiger charge is 2.26. The molecule has 1 saturated heterocycles. The molecular weight excluding hydrogens is 344 g/mol. The lowest BCUT2D eigenvalue weighted by Crippen LogP contribution is -2.45. The van der Waals surface area contributed by atoms with Crippen LogP contribution in [0.15, 0.2) is 36.5 Å². The third-order valence-electron chi connectivity index (χ3n) is 4.37. The minimum atomic E-state index is 0. The Morgan fingerprint density at radius 1 is 1.33 bits per heavy atom. The fraction of sp³-hybridized carbons (Fsp3) is 0.412. The van der Waals surface area contributed by atoms with Crippen LogP contribution in [0.4, 0.5) is 5.13 Å². The molecule has 2 aromatic rings. The number of nitrogens with zero attached hydrogens (tertiary/aromatic N) is 3. The summed E-state index contributed by atoms with van der Waals surface area (Å²) in [5.41, 5.74) is 6.46. The van der Waals surface area contributed by atoms with Crippen molar-refractivity contribution in [2.45, 2.75) is 25.4 Å². The Bertz CT molecular complexity index is 656. The quantitative estimate of drug-likeness (QED) is 0.903. The second-order valence-electron chi connectivity index (χ2n) is 5.97. The molecule has 0 aliphatic carbocycles. The van der Waals surface area contributed by atoms with E-state index in [1.54, 1.807) is 11.3 Å². The molecule has 24 heavy (non-hydrogen) atoms. The van der Waals surface area contributed by atoms with Crippen LogP contribution in [-0.2, 0) is 6.54 Å². The van der Waals surface area contributed by atoms with Crippen LogP contribution >= 0.6 is 23.7 Å². The normalized spacial score (nSPS) is 15.3. The molecule has 1 fully saturated rings. The standard InChI is InChI=1S/C17H22N4OS.ClH/c1-20(12-15-11-19-17(18)23-15)14-7-9-21(10-8-14)16(22)13-5-3-2-4-6-13;/h2-6,11,14H,7-10,12H2,1H3,(H2,18,19);1H. The monoisotopic (exact) mass is 366 g/mol. The number of nitrogen functional groups attached to an aromatic ring is 1. The van der Waals surface area contributed by atoms with E-state index in [9.17, 15) is 4.79 Å². The van der Waals surface area contributed by atoms with E-state index in [0.29, 0.717) is 11.2 Å². The van der Waals surface area contributed by atoms with E-state index in [1.165, 1.54) is 4.88 Å². The van der Waals surface area contributed by atoms with Crippen molar-refractivity contribution in [1.82, 2.24) is 14.8 Å². The molecule has 0 spiro atoms. The van der Waals surface area contributed by atoms with Gasteiger partial charge in [0.15, 0.2) is 5.13 Å². The SMILES string of the molecule is CN(Cc1cnc(N)s1)C1CCN(C(=O)c2ccccc2)CC1.Cl. The molecule has 1 amide bonds. The highest BCUT2D eigenvalue weighted by atomic mass is 35.5. The number of carbonyl (C=O) groups excluding carboxylic acids is 1. The Hall–Kier alpha value is -1.63. The van der Waals surface area contributed by atoms with E-state index < -0.39 is 0 Å². The van der Waals surface area contributed by atoms with Gasteiger partial charge in [0.2, 0.25) is 0 Å². The van der Waals surface area contributed by atoms with Gasteiger partial charge in [-0.05, 0) is 32.0 Å². The molecule has 3 rings (SSSR count). The third kappa shape index (κ3) is 4.47. The van der Waals surface area contributed by atoms with Crippen LogP contribution < -0.4 is 5.73 Å². The minimum Gasteiger partial charge on any atom is -0.375 e. The van der Waals surface area contributed by atoms with Gasteiger partial charge in [-0.15, -0.1) is 23.7 Å². The van der Waals surface area contributed by atoms with E-state index in [4.69, 9.17) is 5.73 Å². The third-order valence-corrected chi connectivity index (χ3v) is 5.18. The van der Waals surface area contributed by atoms with Crippen LogP contribution in [-0.4, -0.2) is 46.9 Å². The Morgan fingerprint density at radius 2 is 2.00 bits per heavy atom. The number of halogens is 1. The van der Waals surface area contributed by atoms with Gasteiger partial charge in [-0.3, -0.25) is 9.69 Å². The number of benzene rings is 1. The molecule has 1 aliphatic rings. The second kappa shape index (κ2) is 8.46. The van der Waals surface area contributed by atoms with Crippen LogP contribution in [0.25, 0.3) is 0 Å². The van der Waals surface area contributed by atoms with Crippen LogP contribution in [0, 0.1) is 0 Å². The Balaban J connectivity index is 0.00000208. The predicted octanol–water partition coefficient (Wildman–Crippen LogP) is 2.88. The maximum Gasteiger partial charge on any atom is 0.253 e. The summed E-state index contributed by atoms with van der Waals surface area (Å²) in [5, 5.41) is 0.622. The number of aromatic nitrogens is 1. The molecule has 0 atom stereocenters. The maximum atomic E-state index is 12.5. The fourth-order valence-electron chi connectivity index (χ4n) is 3.04. The summed E-state index contributed by atoms with van der Waals surface area (Å²) >= 11 is 1.54. The lowest BCUT2D eigenvalue weighted by molar-refractivity contribution is 0.0640. The van der Waals surface area contributed by atoms with Gasteiger partial charge in [-0.1, -0.05) is 18.2 Å². The first kappa shape index (κ1) is 18.7. The van der Waals surface area contributed by atoms with Crippen LogP contribution in [0.2, 0.25) is 0 Å². The highest BCUT2D eigenvalue weighted by Crippen LogP contribution is 2.22. The van der Waals surface area contributed by atoms with E-state index in [1.807, 2.05) is 41.4 Å². The lowest BCUT2D eigenvalue weighted by atomic mass is 10.0. The zero-order valence-electron chi connectivity index (χ0n) is 13.7. The van der Waals surface area contributed by atoms with Crippen molar-refractivity contribution in [2.75, 3.05) is 25.9 Å². The molecule has 2 N–H and O–H groups in total. The molecule has 0 bridgehead atoms. The van der Waals surface area contributed by atoms with E-state index in [2.05, 4.69) is 16.9 Å². The molecule has 1 aromatic carbocycles. The van der Waals surface area contributed by atoms with Crippen molar-refractivity contribution < 1.29 is 4.79 Å². The Kier molecular flexibility index (Phi) is 6.60. The topological polar surface area (TPSA) is 62.5 Å². The van der Waals surface area contributed by atoms with Gasteiger partial charge < -0.3 is 10.6 Å². The smallest absolute Gasteiger partial charge is 0.253 e. The number of anilines is 1. The summed E-state index contributed by atoms with van der Waals surface area (Å²) in [7, 11) is 2.13. The number of hydrogen-bond acceptors (Lipinski definition) is 5. The number of carbonyl (C=O) groups is 1. The van der Waals surface area contributed by atoms with Crippen molar-refractivity contribution in [2.24, 2.45) is 0 Å². The lowest BCUT2D eigenvalue weighted by Gasteiger charge is -2.36. The summed E-state index contributed by atoms with van der Waals surface area (Å²) in [6.45, 7) is 2.49. The van der Waals surface area contributed by atoms with E-state index >= 15 is 0 Å². The van der Waals surface area contributed by atoms with Crippen molar-refractivity contribution in [3.05, 3.63) is 47.0 Å². The largest absolute Gasteiger partial charge is 0.375 e. The van der Waals surface area contributed by atoms with Crippen LogP contribution in [0.5, 0.6) is 0 Å². The summed E-state index contributed by atoms with van der Waals surface area (Å²) in [4.78, 5) is 22.1. The highest BCUT2D eigenvalue weighted by molar-refractivity contribution is 7.15. The van der Waals surface area contributed by atoms with E-state index in [-0.39, 0.29) is 18.3 Å². The second-order valence-corrected chi connectivity index (χ2v) is 7.12. The number of rotatable bonds is 4. The number of amides is 1. The maximum absolute atomic E-state index is 12.5. The van der Waals surface area contributed by atoms with Crippen LogP contribution in [0.3, 0.4) is 0 Å². The zero-order chi connectivity index (χ0) is 16.2. The van der Waals surface area contributed by atoms with Crippen molar-refractivity contribution >= 4 is 34.8 Å². The Labute approximate surface area is 152 Å². The van der Waals surface area contributed by atoms with E-state index in [0.717, 1.165) is 38.0 Å². The van der Waals surface area contributed by atoms with Gasteiger partial charge in [0.05, 0.1) is 0 Å². The van der Waals surface area contributed by atoms with Crippen molar-refractivity contribution in [3.63, 3.8) is 0 Å². The predicted molar refractivity (Wildman–Crippen MR) is 101 cm³/mol. The summed E-state index contributed by atoms with van der Waals surface area (Å²) in [5.74, 6) is 0.141. The summed E-state index contributed by atoms with van der Waals surface area (Å²) < 4.78 is 0. The number of piperidine rings is 1. The molecule has 1 aromatic heterocycles. The van der Waals surface area contributed by atoms with Gasteiger partial charge in [0.25, 0.3) is 5.91 Å². The average molecular weight is 367 g/mol. The zero-order valence-corrected chi connectivity index (χ0v) is 15.4. The molecule has 0 radical (unpaired) electrons. The van der Waals surface area contributed by atoms with Crippen molar-refractivity contribution in [1.29, 1.82) is 0 Å². The van der Waals surface area contributed by atoms with Gasteiger partial charge in [0, 0.05) is 42.3 Å². The first-order chi connectivity index (χ1) is 11.1. The number of thiazole rings is 1. The molecule has 0 unspecified atom stereocenters. The first-order valence-electron chi connectivity index (χ1n) is 7.88. The van der Waals surface area contributed by atoms with Crippen LogP contribution in [0.1, 0.15) is 28.1 Å².